The van der Waals surface area contributed by atoms with Gasteiger partial charge in [0, 0.05) is 13.0 Å². The molecule has 7 heteroatoms. The Balaban J connectivity index is 1.88. The van der Waals surface area contributed by atoms with E-state index in [-0.39, 0.29) is 17.9 Å². The lowest BCUT2D eigenvalue weighted by Crippen LogP contribution is -2.36. The van der Waals surface area contributed by atoms with E-state index in [1.165, 1.54) is 12.3 Å². The predicted octanol–water partition coefficient (Wildman–Crippen LogP) is 2.17. The fourth-order valence-corrected chi connectivity index (χ4v) is 2.09. The van der Waals surface area contributed by atoms with Crippen molar-refractivity contribution in [2.24, 2.45) is 0 Å². The van der Waals surface area contributed by atoms with E-state index in [9.17, 15) is 9.59 Å². The molecule has 0 unspecified atom stereocenters. The summed E-state index contributed by atoms with van der Waals surface area (Å²) in [7, 11) is 0. The first-order chi connectivity index (χ1) is 10.2. The number of nitrogens with zero attached hydrogens (tertiary/aromatic N) is 2. The zero-order chi connectivity index (χ0) is 16.3. The highest BCUT2D eigenvalue weighted by Gasteiger charge is 2.30. The van der Waals surface area contributed by atoms with Gasteiger partial charge in [-0.3, -0.25) is 0 Å². The third kappa shape index (κ3) is 4.34. The van der Waals surface area contributed by atoms with Crippen LogP contribution in [-0.2, 0) is 4.74 Å². The van der Waals surface area contributed by atoms with E-state index in [1.54, 1.807) is 11.0 Å². The van der Waals surface area contributed by atoms with Gasteiger partial charge in [0.25, 0.3) is 0 Å². The van der Waals surface area contributed by atoms with Crippen LogP contribution >= 0.6 is 0 Å². The molecule has 1 fully saturated rings. The van der Waals surface area contributed by atoms with E-state index in [4.69, 9.17) is 14.6 Å². The lowest BCUT2D eigenvalue weighted by Gasteiger charge is -2.24. The summed E-state index contributed by atoms with van der Waals surface area (Å²) in [5.74, 6) is -0.593. The van der Waals surface area contributed by atoms with Gasteiger partial charge in [-0.2, -0.15) is 0 Å². The van der Waals surface area contributed by atoms with E-state index in [0.29, 0.717) is 25.3 Å². The molecule has 120 valence electrons. The molecular weight excluding hydrogens is 288 g/mol. The summed E-state index contributed by atoms with van der Waals surface area (Å²) in [6.45, 7) is 6.48. The van der Waals surface area contributed by atoms with Crippen LogP contribution in [0.3, 0.4) is 0 Å². The number of likely N-dealkylation sites (tertiary alicyclic amines) is 1. The van der Waals surface area contributed by atoms with E-state index in [0.717, 1.165) is 0 Å². The standard InChI is InChI=1S/C15H20N2O5/c1-15(2,3)22-14(20)17-7-6-11(9-17)21-10-4-5-12(13(18)19)16-8-10/h4-5,8,11H,6-7,9H2,1-3H3,(H,18,19)/t11-/m1/s1. The van der Waals surface area contributed by atoms with Gasteiger partial charge in [-0.05, 0) is 32.9 Å². The Labute approximate surface area is 128 Å². The Hall–Kier alpha value is -2.31. The van der Waals surface area contributed by atoms with Gasteiger partial charge in [0.1, 0.15) is 23.1 Å². The fourth-order valence-electron chi connectivity index (χ4n) is 2.09. The van der Waals surface area contributed by atoms with Crippen LogP contribution in [0.2, 0.25) is 0 Å². The maximum Gasteiger partial charge on any atom is 0.410 e. The van der Waals surface area contributed by atoms with Crippen LogP contribution in [0.4, 0.5) is 4.79 Å². The molecule has 0 radical (unpaired) electrons. The molecule has 0 spiro atoms. The van der Waals surface area contributed by atoms with Crippen LogP contribution in [0.25, 0.3) is 0 Å². The third-order valence-corrected chi connectivity index (χ3v) is 3.05. The number of hydrogen-bond donors (Lipinski definition) is 1. The van der Waals surface area contributed by atoms with E-state index in [1.807, 2.05) is 20.8 Å². The molecule has 1 aliphatic rings. The summed E-state index contributed by atoms with van der Waals surface area (Å²) < 4.78 is 11.0. The number of carboxylic acids is 1. The first kappa shape index (κ1) is 16.1. The molecule has 1 aliphatic heterocycles. The summed E-state index contributed by atoms with van der Waals surface area (Å²) in [5.41, 5.74) is -0.554. The first-order valence-electron chi connectivity index (χ1n) is 7.08. The second-order valence-corrected chi connectivity index (χ2v) is 6.14. The van der Waals surface area contributed by atoms with Crippen LogP contribution in [0.15, 0.2) is 18.3 Å². The fraction of sp³-hybridized carbons (Fsp3) is 0.533. The summed E-state index contributed by atoms with van der Waals surface area (Å²) in [6.07, 6.45) is 1.57. The summed E-state index contributed by atoms with van der Waals surface area (Å²) in [5, 5.41) is 8.79. The second kappa shape index (κ2) is 6.21. The molecule has 1 saturated heterocycles. The van der Waals surface area contributed by atoms with Crippen molar-refractivity contribution in [3.8, 4) is 5.75 Å². The monoisotopic (exact) mass is 308 g/mol. The minimum Gasteiger partial charge on any atom is -0.487 e. The molecule has 0 bridgehead atoms. The number of rotatable bonds is 3. The third-order valence-electron chi connectivity index (χ3n) is 3.05. The van der Waals surface area contributed by atoms with Gasteiger partial charge in [0.05, 0.1) is 12.7 Å². The molecule has 2 rings (SSSR count). The molecule has 0 aromatic carbocycles. The summed E-state index contributed by atoms with van der Waals surface area (Å²) in [4.78, 5) is 28.1. The van der Waals surface area contributed by atoms with Gasteiger partial charge >= 0.3 is 12.1 Å². The van der Waals surface area contributed by atoms with Crippen molar-refractivity contribution in [3.63, 3.8) is 0 Å². The Morgan fingerprint density at radius 2 is 2.09 bits per heavy atom. The number of hydrogen-bond acceptors (Lipinski definition) is 5. The Kier molecular flexibility index (Phi) is 4.54. The number of carboxylic acid groups (broad SMARTS) is 1. The van der Waals surface area contributed by atoms with Crippen LogP contribution in [-0.4, -0.2) is 51.8 Å². The van der Waals surface area contributed by atoms with E-state index in [2.05, 4.69) is 4.98 Å². The van der Waals surface area contributed by atoms with Gasteiger partial charge in [0.15, 0.2) is 0 Å². The molecule has 7 nitrogen and oxygen atoms in total. The van der Waals surface area contributed by atoms with E-state index < -0.39 is 11.6 Å². The average Bonchev–Trinajstić information content (AvgIpc) is 2.86. The van der Waals surface area contributed by atoms with Crippen molar-refractivity contribution >= 4 is 12.1 Å². The number of aromatic nitrogens is 1. The van der Waals surface area contributed by atoms with Gasteiger partial charge in [-0.25, -0.2) is 14.6 Å². The number of amides is 1. The van der Waals surface area contributed by atoms with Crippen molar-refractivity contribution < 1.29 is 24.2 Å². The smallest absolute Gasteiger partial charge is 0.410 e. The molecule has 1 N–H and O–H groups in total. The van der Waals surface area contributed by atoms with Gasteiger partial charge in [0.2, 0.25) is 0 Å². The lowest BCUT2D eigenvalue weighted by molar-refractivity contribution is 0.0275. The van der Waals surface area contributed by atoms with Crippen molar-refractivity contribution in [2.75, 3.05) is 13.1 Å². The number of pyridine rings is 1. The van der Waals surface area contributed by atoms with E-state index >= 15 is 0 Å². The zero-order valence-corrected chi connectivity index (χ0v) is 12.9. The normalized spacial score (nSPS) is 18.1. The zero-order valence-electron chi connectivity index (χ0n) is 12.9. The Morgan fingerprint density at radius 3 is 2.64 bits per heavy atom. The van der Waals surface area contributed by atoms with Crippen LogP contribution in [0, 0.1) is 0 Å². The largest absolute Gasteiger partial charge is 0.487 e. The minimum absolute atomic E-state index is 0.0332. The maximum atomic E-state index is 11.9. The van der Waals surface area contributed by atoms with Crippen LogP contribution < -0.4 is 4.74 Å². The SMILES string of the molecule is CC(C)(C)OC(=O)N1CC[C@@H](Oc2ccc(C(=O)O)nc2)C1. The molecule has 22 heavy (non-hydrogen) atoms. The maximum absolute atomic E-state index is 11.9. The predicted molar refractivity (Wildman–Crippen MR) is 78.0 cm³/mol. The Bertz CT molecular complexity index is 550. The topological polar surface area (TPSA) is 89.0 Å². The van der Waals surface area contributed by atoms with Crippen molar-refractivity contribution in [1.82, 2.24) is 9.88 Å². The average molecular weight is 308 g/mol. The van der Waals surface area contributed by atoms with Crippen LogP contribution in [0.1, 0.15) is 37.7 Å². The van der Waals surface area contributed by atoms with Crippen molar-refractivity contribution in [3.05, 3.63) is 24.0 Å². The number of carbonyl (C=O) groups excluding carboxylic acids is 1. The molecular formula is C15H20N2O5. The van der Waals surface area contributed by atoms with Crippen molar-refractivity contribution in [2.45, 2.75) is 38.9 Å². The van der Waals surface area contributed by atoms with Gasteiger partial charge in [-0.15, -0.1) is 0 Å². The molecule has 1 aromatic rings. The van der Waals surface area contributed by atoms with Crippen molar-refractivity contribution in [1.29, 1.82) is 0 Å². The highest BCUT2D eigenvalue weighted by molar-refractivity contribution is 5.85. The minimum atomic E-state index is -1.08. The molecule has 0 aliphatic carbocycles. The summed E-state index contributed by atoms with van der Waals surface area (Å²) in [6, 6.07) is 2.95. The summed E-state index contributed by atoms with van der Waals surface area (Å²) >= 11 is 0. The first-order valence-corrected chi connectivity index (χ1v) is 7.08. The van der Waals surface area contributed by atoms with Gasteiger partial charge in [-0.1, -0.05) is 0 Å². The molecule has 1 atom stereocenters. The quantitative estimate of drug-likeness (QED) is 0.920. The van der Waals surface area contributed by atoms with Crippen LogP contribution in [0.5, 0.6) is 5.75 Å². The Morgan fingerprint density at radius 1 is 1.36 bits per heavy atom. The molecule has 2 heterocycles. The lowest BCUT2D eigenvalue weighted by atomic mass is 10.2. The number of ether oxygens (including phenoxy) is 2. The molecule has 1 aromatic heterocycles. The number of carbonyl (C=O) groups is 2. The number of aromatic carboxylic acids is 1. The second-order valence-electron chi connectivity index (χ2n) is 6.14. The van der Waals surface area contributed by atoms with Gasteiger partial charge < -0.3 is 19.5 Å². The molecule has 1 amide bonds. The highest BCUT2D eigenvalue weighted by atomic mass is 16.6. The molecule has 0 saturated carbocycles. The highest BCUT2D eigenvalue weighted by Crippen LogP contribution is 2.20.